The number of carbonyl (C=O) groups excluding carboxylic acids is 1. The van der Waals surface area contributed by atoms with Crippen LogP contribution in [0.4, 0.5) is 13.2 Å². The minimum atomic E-state index is -4.40. The number of hydrogen-bond donors (Lipinski definition) is 0. The first-order valence-electron chi connectivity index (χ1n) is 6.52. The van der Waals surface area contributed by atoms with Gasteiger partial charge < -0.3 is 0 Å². The number of carbonyl (C=O) groups is 1. The number of aromatic nitrogens is 2. The van der Waals surface area contributed by atoms with Gasteiger partial charge in [-0.25, -0.2) is 9.97 Å². The van der Waals surface area contributed by atoms with Crippen molar-refractivity contribution in [1.29, 1.82) is 0 Å². The Morgan fingerprint density at radius 3 is 2.71 bits per heavy atom. The Hall–Kier alpha value is -2.24. The molecule has 1 heterocycles. The van der Waals surface area contributed by atoms with Crippen molar-refractivity contribution in [3.8, 4) is 11.4 Å². The zero-order chi connectivity index (χ0) is 15.0. The molecule has 0 amide bonds. The summed E-state index contributed by atoms with van der Waals surface area (Å²) in [6.07, 6.45) is -1.15. The van der Waals surface area contributed by atoms with Gasteiger partial charge in [0.05, 0.1) is 16.8 Å². The average molecular weight is 292 g/mol. The highest BCUT2D eigenvalue weighted by atomic mass is 19.4. The number of fused-ring (bicyclic) bond motifs is 1. The van der Waals surface area contributed by atoms with E-state index in [0.717, 1.165) is 12.1 Å². The molecule has 0 saturated carbocycles. The van der Waals surface area contributed by atoms with Gasteiger partial charge in [-0.3, -0.25) is 4.79 Å². The number of alkyl halides is 3. The van der Waals surface area contributed by atoms with Crippen molar-refractivity contribution in [1.82, 2.24) is 9.97 Å². The van der Waals surface area contributed by atoms with Crippen LogP contribution in [0.2, 0.25) is 0 Å². The van der Waals surface area contributed by atoms with E-state index in [2.05, 4.69) is 9.97 Å². The van der Waals surface area contributed by atoms with E-state index in [0.29, 0.717) is 36.1 Å². The van der Waals surface area contributed by atoms with Crippen molar-refractivity contribution in [2.24, 2.45) is 0 Å². The molecule has 0 N–H and O–H groups in total. The van der Waals surface area contributed by atoms with Gasteiger partial charge in [0.2, 0.25) is 0 Å². The fourth-order valence-electron chi connectivity index (χ4n) is 2.37. The van der Waals surface area contributed by atoms with Gasteiger partial charge in [0.25, 0.3) is 0 Å². The number of nitrogens with zero attached hydrogens (tertiary/aromatic N) is 2. The summed E-state index contributed by atoms with van der Waals surface area (Å²) in [4.78, 5) is 20.0. The van der Waals surface area contributed by atoms with Crippen molar-refractivity contribution >= 4 is 5.78 Å². The Morgan fingerprint density at radius 2 is 1.95 bits per heavy atom. The lowest BCUT2D eigenvalue weighted by atomic mass is 9.96. The van der Waals surface area contributed by atoms with Crippen LogP contribution < -0.4 is 0 Å². The lowest BCUT2D eigenvalue weighted by Crippen LogP contribution is -2.14. The topological polar surface area (TPSA) is 42.9 Å². The Bertz CT molecular complexity index is 710. The second-order valence-corrected chi connectivity index (χ2v) is 4.91. The van der Waals surface area contributed by atoms with Crippen molar-refractivity contribution in [3.05, 3.63) is 47.3 Å². The van der Waals surface area contributed by atoms with E-state index in [9.17, 15) is 18.0 Å². The molecular formula is C15H11F3N2O. The zero-order valence-corrected chi connectivity index (χ0v) is 10.9. The molecule has 1 aromatic heterocycles. The minimum Gasteiger partial charge on any atom is -0.294 e. The molecule has 0 saturated heterocycles. The van der Waals surface area contributed by atoms with Crippen LogP contribution in [-0.4, -0.2) is 15.8 Å². The van der Waals surface area contributed by atoms with Crippen LogP contribution in [0.15, 0.2) is 30.5 Å². The summed E-state index contributed by atoms with van der Waals surface area (Å²) >= 11 is 0. The Labute approximate surface area is 118 Å². The van der Waals surface area contributed by atoms with Crippen LogP contribution in [0, 0.1) is 0 Å². The van der Waals surface area contributed by atoms with Gasteiger partial charge in [0.15, 0.2) is 11.6 Å². The molecule has 108 valence electrons. The number of hydrogen-bond acceptors (Lipinski definition) is 3. The van der Waals surface area contributed by atoms with E-state index in [1.807, 2.05) is 0 Å². The van der Waals surface area contributed by atoms with E-state index in [1.54, 1.807) is 0 Å². The standard InChI is InChI=1S/C15H11F3N2O/c16-15(17,18)10-4-1-3-9(7-10)14-19-8-11-12(20-14)5-2-6-13(11)21/h1,3-4,7-8H,2,5-6H2. The Kier molecular flexibility index (Phi) is 3.23. The quantitative estimate of drug-likeness (QED) is 0.805. The third kappa shape index (κ3) is 2.66. The van der Waals surface area contributed by atoms with E-state index in [-0.39, 0.29) is 11.6 Å². The van der Waals surface area contributed by atoms with E-state index >= 15 is 0 Å². The molecule has 0 fully saturated rings. The van der Waals surface area contributed by atoms with Crippen LogP contribution in [0.1, 0.15) is 34.5 Å². The second-order valence-electron chi connectivity index (χ2n) is 4.91. The highest BCUT2D eigenvalue weighted by Crippen LogP contribution is 2.31. The molecule has 0 radical (unpaired) electrons. The molecule has 1 aliphatic rings. The van der Waals surface area contributed by atoms with Crippen LogP contribution in [0.5, 0.6) is 0 Å². The Morgan fingerprint density at radius 1 is 1.14 bits per heavy atom. The van der Waals surface area contributed by atoms with Crippen LogP contribution in [0.3, 0.4) is 0 Å². The molecule has 0 spiro atoms. The molecule has 0 unspecified atom stereocenters. The van der Waals surface area contributed by atoms with Crippen molar-refractivity contribution in [2.75, 3.05) is 0 Å². The number of ketones is 1. The monoisotopic (exact) mass is 292 g/mol. The second kappa shape index (κ2) is 4.95. The molecule has 0 aliphatic heterocycles. The largest absolute Gasteiger partial charge is 0.416 e. The summed E-state index contributed by atoms with van der Waals surface area (Å²) in [5, 5.41) is 0. The van der Waals surface area contributed by atoms with Gasteiger partial charge in [-0.2, -0.15) is 13.2 Å². The van der Waals surface area contributed by atoms with Gasteiger partial charge >= 0.3 is 6.18 Å². The molecule has 1 aromatic carbocycles. The van der Waals surface area contributed by atoms with Gasteiger partial charge in [0, 0.05) is 18.2 Å². The van der Waals surface area contributed by atoms with Gasteiger partial charge in [0.1, 0.15) is 0 Å². The fraction of sp³-hybridized carbons (Fsp3) is 0.267. The van der Waals surface area contributed by atoms with Crippen molar-refractivity contribution in [3.63, 3.8) is 0 Å². The summed E-state index contributed by atoms with van der Waals surface area (Å²) in [5.41, 5.74) is 0.661. The Balaban J connectivity index is 2.03. The van der Waals surface area contributed by atoms with Crippen LogP contribution >= 0.6 is 0 Å². The third-order valence-corrected chi connectivity index (χ3v) is 3.43. The van der Waals surface area contributed by atoms with Crippen LogP contribution in [-0.2, 0) is 12.6 Å². The lowest BCUT2D eigenvalue weighted by Gasteiger charge is -2.14. The predicted molar refractivity (Wildman–Crippen MR) is 69.7 cm³/mol. The maximum absolute atomic E-state index is 12.7. The molecule has 0 atom stereocenters. The summed E-state index contributed by atoms with van der Waals surface area (Å²) in [5.74, 6) is 0.210. The summed E-state index contributed by atoms with van der Waals surface area (Å²) in [6.45, 7) is 0. The smallest absolute Gasteiger partial charge is 0.294 e. The maximum Gasteiger partial charge on any atom is 0.416 e. The zero-order valence-electron chi connectivity index (χ0n) is 10.9. The highest BCUT2D eigenvalue weighted by Gasteiger charge is 2.30. The van der Waals surface area contributed by atoms with Gasteiger partial charge in [-0.05, 0) is 25.0 Å². The molecule has 21 heavy (non-hydrogen) atoms. The van der Waals surface area contributed by atoms with E-state index in [4.69, 9.17) is 0 Å². The first-order chi connectivity index (χ1) is 9.95. The van der Waals surface area contributed by atoms with Crippen molar-refractivity contribution < 1.29 is 18.0 Å². The third-order valence-electron chi connectivity index (χ3n) is 3.43. The molecule has 0 bridgehead atoms. The fourth-order valence-corrected chi connectivity index (χ4v) is 2.37. The first-order valence-corrected chi connectivity index (χ1v) is 6.52. The number of aryl methyl sites for hydroxylation is 1. The summed E-state index contributed by atoms with van der Waals surface area (Å²) in [6, 6.07) is 4.88. The highest BCUT2D eigenvalue weighted by molar-refractivity contribution is 5.97. The number of benzene rings is 1. The molecule has 6 heteroatoms. The van der Waals surface area contributed by atoms with Gasteiger partial charge in [-0.1, -0.05) is 12.1 Å². The molecule has 2 aromatic rings. The van der Waals surface area contributed by atoms with Gasteiger partial charge in [-0.15, -0.1) is 0 Å². The maximum atomic E-state index is 12.7. The predicted octanol–water partition coefficient (Wildman–Crippen LogP) is 3.68. The van der Waals surface area contributed by atoms with E-state index in [1.165, 1.54) is 18.3 Å². The SMILES string of the molecule is O=C1CCCc2nc(-c3cccc(C(F)(F)F)c3)ncc21. The minimum absolute atomic E-state index is 0.00755. The average Bonchev–Trinajstić information content (AvgIpc) is 2.46. The number of halogens is 3. The molecule has 1 aliphatic carbocycles. The lowest BCUT2D eigenvalue weighted by molar-refractivity contribution is -0.137. The number of Topliss-reactive ketones (excluding diaryl/α,β-unsaturated/α-hetero) is 1. The van der Waals surface area contributed by atoms with Crippen molar-refractivity contribution in [2.45, 2.75) is 25.4 Å². The molecular weight excluding hydrogens is 281 g/mol. The normalized spacial score (nSPS) is 14.9. The van der Waals surface area contributed by atoms with Crippen LogP contribution in [0.25, 0.3) is 11.4 Å². The number of rotatable bonds is 1. The first kappa shape index (κ1) is 13.7. The molecule has 3 rings (SSSR count). The molecule has 3 nitrogen and oxygen atoms in total. The summed E-state index contributed by atoms with van der Waals surface area (Å²) < 4.78 is 38.2. The summed E-state index contributed by atoms with van der Waals surface area (Å²) in [7, 11) is 0. The van der Waals surface area contributed by atoms with E-state index < -0.39 is 11.7 Å².